The molecule has 0 saturated carbocycles. The van der Waals surface area contributed by atoms with Crippen molar-refractivity contribution in [1.82, 2.24) is 14.4 Å². The summed E-state index contributed by atoms with van der Waals surface area (Å²) in [5.74, 6) is 0. The predicted molar refractivity (Wildman–Crippen MR) is 83.3 cm³/mol. The fourth-order valence-electron chi connectivity index (χ4n) is 2.04. The second-order valence-corrected chi connectivity index (χ2v) is 6.05. The Kier molecular flexibility index (Phi) is 3.19. The minimum Gasteiger partial charge on any atom is -0.295 e. The lowest BCUT2D eigenvalue weighted by molar-refractivity contribution is 1.08. The average molecular weight is 381 g/mol. The maximum atomic E-state index is 4.42. The Labute approximate surface area is 128 Å². The van der Waals surface area contributed by atoms with Crippen LogP contribution in [0.3, 0.4) is 0 Å². The molecule has 0 unspecified atom stereocenters. The topological polar surface area (TPSA) is 30.2 Å². The highest BCUT2D eigenvalue weighted by molar-refractivity contribution is 9.11. The van der Waals surface area contributed by atoms with Gasteiger partial charge in [-0.05, 0) is 62.9 Å². The molecular formula is C14H11Br2N3. The van der Waals surface area contributed by atoms with E-state index in [1.54, 1.807) is 0 Å². The summed E-state index contributed by atoms with van der Waals surface area (Å²) in [6, 6.07) is 6.43. The highest BCUT2D eigenvalue weighted by atomic mass is 79.9. The quantitative estimate of drug-likeness (QED) is 0.620. The summed E-state index contributed by atoms with van der Waals surface area (Å²) >= 11 is 6.85. The maximum absolute atomic E-state index is 4.42. The third-order valence-electron chi connectivity index (χ3n) is 3.22. The van der Waals surface area contributed by atoms with Gasteiger partial charge in [0, 0.05) is 11.8 Å². The molecule has 0 aliphatic rings. The first-order valence-corrected chi connectivity index (χ1v) is 7.41. The van der Waals surface area contributed by atoms with Crippen molar-refractivity contribution in [2.75, 3.05) is 0 Å². The van der Waals surface area contributed by atoms with Crippen LogP contribution in [0.15, 0.2) is 39.8 Å². The number of imidazole rings is 1. The van der Waals surface area contributed by atoms with E-state index in [0.29, 0.717) is 0 Å². The van der Waals surface area contributed by atoms with Gasteiger partial charge in [0.1, 0.15) is 4.60 Å². The molecule has 3 nitrogen and oxygen atoms in total. The number of hydrogen-bond donors (Lipinski definition) is 0. The van der Waals surface area contributed by atoms with Crippen LogP contribution in [0.25, 0.3) is 16.9 Å². The molecule has 0 bridgehead atoms. The predicted octanol–water partition coefficient (Wildman–Crippen LogP) is 4.54. The lowest BCUT2D eigenvalue weighted by Crippen LogP contribution is -1.93. The summed E-state index contributed by atoms with van der Waals surface area (Å²) in [6.45, 7) is 4.24. The molecule has 0 aliphatic heterocycles. The standard InChI is InChI=1S/C14H11Br2N3/c1-8-3-4-10(5-9(8)2)11-6-17-14-13(16)18-12(15)7-19(11)14/h3-7H,1-2H3. The molecule has 0 atom stereocenters. The Bertz CT molecular complexity index is 778. The Morgan fingerprint density at radius 1 is 1.11 bits per heavy atom. The molecule has 0 radical (unpaired) electrons. The van der Waals surface area contributed by atoms with Gasteiger partial charge in [-0.2, -0.15) is 0 Å². The minimum absolute atomic E-state index is 0.733. The Hall–Kier alpha value is -1.20. The van der Waals surface area contributed by atoms with Gasteiger partial charge in [-0.1, -0.05) is 12.1 Å². The Balaban J connectivity index is 2.28. The van der Waals surface area contributed by atoms with Gasteiger partial charge >= 0.3 is 0 Å². The van der Waals surface area contributed by atoms with E-state index >= 15 is 0 Å². The first kappa shape index (κ1) is 12.8. The molecule has 0 aliphatic carbocycles. The van der Waals surface area contributed by atoms with Gasteiger partial charge in [0.15, 0.2) is 10.3 Å². The molecule has 0 amide bonds. The van der Waals surface area contributed by atoms with Gasteiger partial charge in [0.25, 0.3) is 0 Å². The van der Waals surface area contributed by atoms with E-state index in [1.807, 2.05) is 16.8 Å². The number of nitrogens with zero attached hydrogens (tertiary/aromatic N) is 3. The summed E-state index contributed by atoms with van der Waals surface area (Å²) in [5.41, 5.74) is 5.60. The number of rotatable bonds is 1. The molecule has 3 aromatic rings. The fraction of sp³-hybridized carbons (Fsp3) is 0.143. The first-order chi connectivity index (χ1) is 9.06. The molecule has 19 heavy (non-hydrogen) atoms. The van der Waals surface area contributed by atoms with Crippen LogP contribution in [0, 0.1) is 13.8 Å². The van der Waals surface area contributed by atoms with E-state index < -0.39 is 0 Å². The van der Waals surface area contributed by atoms with Crippen LogP contribution in [0.4, 0.5) is 0 Å². The molecule has 2 aromatic heterocycles. The van der Waals surface area contributed by atoms with E-state index in [2.05, 4.69) is 73.9 Å². The van der Waals surface area contributed by atoms with E-state index in [4.69, 9.17) is 0 Å². The monoisotopic (exact) mass is 379 g/mol. The smallest absolute Gasteiger partial charge is 0.170 e. The maximum Gasteiger partial charge on any atom is 0.170 e. The molecule has 5 heteroatoms. The summed E-state index contributed by atoms with van der Waals surface area (Å²) in [6.07, 6.45) is 3.80. The number of aryl methyl sites for hydroxylation is 2. The SMILES string of the molecule is Cc1ccc(-c2cnc3c(Br)nc(Br)cn23)cc1C. The molecule has 3 rings (SSSR count). The summed E-state index contributed by atoms with van der Waals surface area (Å²) < 4.78 is 3.54. The fourth-order valence-corrected chi connectivity index (χ4v) is 3.14. The van der Waals surface area contributed by atoms with Crippen LogP contribution in [0.1, 0.15) is 11.1 Å². The molecular weight excluding hydrogens is 370 g/mol. The van der Waals surface area contributed by atoms with Crippen LogP contribution in [-0.2, 0) is 0 Å². The van der Waals surface area contributed by atoms with Crippen molar-refractivity contribution >= 4 is 37.5 Å². The molecule has 0 spiro atoms. The van der Waals surface area contributed by atoms with E-state index in [9.17, 15) is 0 Å². The van der Waals surface area contributed by atoms with Gasteiger partial charge in [-0.15, -0.1) is 0 Å². The summed E-state index contributed by atoms with van der Waals surface area (Å²) in [7, 11) is 0. The number of benzene rings is 1. The van der Waals surface area contributed by atoms with Gasteiger partial charge in [0.2, 0.25) is 0 Å². The van der Waals surface area contributed by atoms with E-state index in [1.165, 1.54) is 11.1 Å². The zero-order valence-electron chi connectivity index (χ0n) is 10.5. The normalized spacial score (nSPS) is 11.2. The number of halogens is 2. The van der Waals surface area contributed by atoms with Crippen molar-refractivity contribution in [3.05, 3.63) is 50.9 Å². The zero-order valence-corrected chi connectivity index (χ0v) is 13.7. The summed E-state index contributed by atoms with van der Waals surface area (Å²) in [5, 5.41) is 0. The van der Waals surface area contributed by atoms with Crippen LogP contribution in [0.2, 0.25) is 0 Å². The Morgan fingerprint density at radius 2 is 1.89 bits per heavy atom. The molecule has 2 heterocycles. The van der Waals surface area contributed by atoms with Crippen molar-refractivity contribution in [3.8, 4) is 11.3 Å². The van der Waals surface area contributed by atoms with Crippen LogP contribution < -0.4 is 0 Å². The molecule has 1 aromatic carbocycles. The lowest BCUT2D eigenvalue weighted by atomic mass is 10.0. The molecule has 0 fully saturated rings. The average Bonchev–Trinajstić information content (AvgIpc) is 2.76. The van der Waals surface area contributed by atoms with Gasteiger partial charge in [-0.25, -0.2) is 9.97 Å². The van der Waals surface area contributed by atoms with E-state index in [0.717, 1.165) is 26.1 Å². The zero-order chi connectivity index (χ0) is 13.6. The van der Waals surface area contributed by atoms with Gasteiger partial charge in [0.05, 0.1) is 11.9 Å². The third kappa shape index (κ3) is 2.21. The second kappa shape index (κ2) is 4.72. The van der Waals surface area contributed by atoms with Crippen LogP contribution >= 0.6 is 31.9 Å². The largest absolute Gasteiger partial charge is 0.295 e. The highest BCUT2D eigenvalue weighted by Crippen LogP contribution is 2.26. The van der Waals surface area contributed by atoms with Crippen LogP contribution in [0.5, 0.6) is 0 Å². The second-order valence-electron chi connectivity index (χ2n) is 4.49. The number of aromatic nitrogens is 3. The van der Waals surface area contributed by atoms with Gasteiger partial charge < -0.3 is 0 Å². The van der Waals surface area contributed by atoms with Crippen molar-refractivity contribution < 1.29 is 0 Å². The van der Waals surface area contributed by atoms with Crippen molar-refractivity contribution in [1.29, 1.82) is 0 Å². The molecule has 0 N–H and O–H groups in total. The van der Waals surface area contributed by atoms with Crippen molar-refractivity contribution in [2.45, 2.75) is 13.8 Å². The van der Waals surface area contributed by atoms with Crippen molar-refractivity contribution in [3.63, 3.8) is 0 Å². The summed E-state index contributed by atoms with van der Waals surface area (Å²) in [4.78, 5) is 8.71. The lowest BCUT2D eigenvalue weighted by Gasteiger charge is -2.06. The van der Waals surface area contributed by atoms with E-state index in [-0.39, 0.29) is 0 Å². The number of hydrogen-bond acceptors (Lipinski definition) is 2. The number of fused-ring (bicyclic) bond motifs is 1. The van der Waals surface area contributed by atoms with Gasteiger partial charge in [-0.3, -0.25) is 4.40 Å². The van der Waals surface area contributed by atoms with Crippen LogP contribution in [-0.4, -0.2) is 14.4 Å². The van der Waals surface area contributed by atoms with Crippen molar-refractivity contribution in [2.24, 2.45) is 0 Å². The minimum atomic E-state index is 0.733. The first-order valence-electron chi connectivity index (χ1n) is 5.83. The third-order valence-corrected chi connectivity index (χ3v) is 4.14. The Morgan fingerprint density at radius 3 is 2.63 bits per heavy atom. The molecule has 0 saturated heterocycles. The molecule has 96 valence electrons. The highest BCUT2D eigenvalue weighted by Gasteiger charge is 2.10.